The number of anilines is 1. The van der Waals surface area contributed by atoms with E-state index >= 15 is 0 Å². The van der Waals surface area contributed by atoms with Gasteiger partial charge in [0, 0.05) is 39.3 Å². The molecule has 1 amide bonds. The number of aromatic nitrogens is 3. The molecule has 4 aromatic rings. The second-order valence-electron chi connectivity index (χ2n) is 10.9. The van der Waals surface area contributed by atoms with E-state index in [0.717, 1.165) is 30.7 Å². The third-order valence-corrected chi connectivity index (χ3v) is 8.88. The molecular weight excluding hydrogens is 530 g/mol. The van der Waals surface area contributed by atoms with Crippen LogP contribution in [0.25, 0.3) is 27.7 Å². The molecule has 212 valence electrons. The molecule has 40 heavy (non-hydrogen) atoms. The maximum Gasteiger partial charge on any atom is 0.259 e. The van der Waals surface area contributed by atoms with Crippen LogP contribution in [0.15, 0.2) is 41.2 Å². The van der Waals surface area contributed by atoms with Crippen LogP contribution in [-0.2, 0) is 17.1 Å². The molecule has 0 unspecified atom stereocenters. The van der Waals surface area contributed by atoms with E-state index in [1.165, 1.54) is 19.1 Å². The van der Waals surface area contributed by atoms with Crippen LogP contribution in [0.3, 0.4) is 0 Å². The minimum absolute atomic E-state index is 0.106. The number of carbonyl (C=O) groups excluding carboxylic acids is 1. The van der Waals surface area contributed by atoms with E-state index in [1.807, 2.05) is 46.3 Å². The minimum Gasteiger partial charge on any atom is -0.356 e. The average Bonchev–Trinajstić information content (AvgIpc) is 3.55. The first-order valence-corrected chi connectivity index (χ1v) is 15.8. The molecular formula is C28H35N7O4S. The van der Waals surface area contributed by atoms with Crippen molar-refractivity contribution in [1.82, 2.24) is 28.9 Å². The van der Waals surface area contributed by atoms with Gasteiger partial charge in [-0.25, -0.2) is 18.1 Å². The summed E-state index contributed by atoms with van der Waals surface area (Å²) >= 11 is 0. The number of carbonyl (C=O) groups is 1. The SMILES string of the molecule is Cn1c2ccccc2n2c3nc(N4CCC(NS(C)(=O)=O)CC4)ccc3c(=O)c(C(=O)NCCN3CCCC3)c12. The zero-order valence-corrected chi connectivity index (χ0v) is 23.7. The monoisotopic (exact) mass is 565 g/mol. The number of nitrogens with one attached hydrogen (secondary N) is 2. The number of nitrogens with zero attached hydrogens (tertiary/aromatic N) is 5. The molecule has 0 bridgehead atoms. The average molecular weight is 566 g/mol. The predicted molar refractivity (Wildman–Crippen MR) is 157 cm³/mol. The Morgan fingerprint density at radius 3 is 2.42 bits per heavy atom. The Morgan fingerprint density at radius 1 is 1.02 bits per heavy atom. The number of aryl methyl sites for hydroxylation is 1. The van der Waals surface area contributed by atoms with Gasteiger partial charge in [0.25, 0.3) is 5.91 Å². The molecule has 2 N–H and O–H groups in total. The Bertz CT molecular complexity index is 1760. The summed E-state index contributed by atoms with van der Waals surface area (Å²) in [4.78, 5) is 36.8. The number of sulfonamides is 1. The molecule has 2 aliphatic heterocycles. The number of piperidine rings is 1. The molecule has 11 nitrogen and oxygen atoms in total. The van der Waals surface area contributed by atoms with Crippen LogP contribution in [0, 0.1) is 0 Å². The van der Waals surface area contributed by atoms with Crippen molar-refractivity contribution in [3.8, 4) is 0 Å². The van der Waals surface area contributed by atoms with Crippen LogP contribution in [0.2, 0.25) is 0 Å². The van der Waals surface area contributed by atoms with Gasteiger partial charge in [0.1, 0.15) is 17.0 Å². The van der Waals surface area contributed by atoms with Crippen molar-refractivity contribution in [3.63, 3.8) is 0 Å². The van der Waals surface area contributed by atoms with Crippen LogP contribution in [0.5, 0.6) is 0 Å². The summed E-state index contributed by atoms with van der Waals surface area (Å²) in [7, 11) is -1.40. The van der Waals surface area contributed by atoms with Gasteiger partial charge < -0.3 is 19.7 Å². The standard InChI is InChI=1S/C28H35N7O4S/c1-32-21-7-3-4-8-22(21)35-26-20(9-10-23(30-26)34-16-11-19(12-17-34)31-40(2,38)39)25(36)24(28(32)35)27(37)29-13-18-33-14-5-6-15-33/h3-4,7-10,19,31H,5-6,11-18H2,1-2H3,(H,29,37). The highest BCUT2D eigenvalue weighted by Crippen LogP contribution is 2.27. The van der Waals surface area contributed by atoms with Gasteiger partial charge in [-0.3, -0.25) is 14.0 Å². The van der Waals surface area contributed by atoms with Crippen molar-refractivity contribution < 1.29 is 13.2 Å². The molecule has 2 fully saturated rings. The zero-order valence-electron chi connectivity index (χ0n) is 22.9. The minimum atomic E-state index is -3.26. The van der Waals surface area contributed by atoms with E-state index in [0.29, 0.717) is 55.0 Å². The Hall–Kier alpha value is -3.48. The fourth-order valence-corrected chi connectivity index (χ4v) is 7.00. The number of hydrogen-bond acceptors (Lipinski definition) is 7. The lowest BCUT2D eigenvalue weighted by atomic mass is 10.1. The van der Waals surface area contributed by atoms with Crippen LogP contribution in [0.1, 0.15) is 36.0 Å². The first kappa shape index (κ1) is 26.7. The quantitative estimate of drug-likeness (QED) is 0.350. The fourth-order valence-electron chi connectivity index (χ4n) is 6.16. The van der Waals surface area contributed by atoms with Crippen LogP contribution >= 0.6 is 0 Å². The van der Waals surface area contributed by atoms with Crippen LogP contribution in [-0.4, -0.2) is 84.7 Å². The molecule has 3 aromatic heterocycles. The summed E-state index contributed by atoms with van der Waals surface area (Å²) in [5.74, 6) is 0.341. The van der Waals surface area contributed by atoms with Crippen molar-refractivity contribution in [2.24, 2.45) is 7.05 Å². The van der Waals surface area contributed by atoms with E-state index in [9.17, 15) is 18.0 Å². The lowest BCUT2D eigenvalue weighted by molar-refractivity contribution is 0.0950. The van der Waals surface area contributed by atoms with E-state index < -0.39 is 10.0 Å². The first-order valence-electron chi connectivity index (χ1n) is 13.9. The number of amides is 1. The normalized spacial score (nSPS) is 17.4. The van der Waals surface area contributed by atoms with Gasteiger partial charge in [-0.05, 0) is 63.0 Å². The van der Waals surface area contributed by atoms with E-state index in [-0.39, 0.29) is 22.9 Å². The van der Waals surface area contributed by atoms with Gasteiger partial charge in [0.15, 0.2) is 5.65 Å². The highest BCUT2D eigenvalue weighted by atomic mass is 32.2. The Labute approximate surface area is 232 Å². The highest BCUT2D eigenvalue weighted by Gasteiger charge is 2.26. The van der Waals surface area contributed by atoms with E-state index in [4.69, 9.17) is 4.98 Å². The number of pyridine rings is 2. The molecule has 2 aliphatic rings. The van der Waals surface area contributed by atoms with E-state index in [2.05, 4.69) is 19.8 Å². The topological polar surface area (TPSA) is 121 Å². The maximum absolute atomic E-state index is 13.9. The van der Waals surface area contributed by atoms with Crippen LogP contribution in [0.4, 0.5) is 5.82 Å². The summed E-state index contributed by atoms with van der Waals surface area (Å²) in [5.41, 5.74) is 2.54. The molecule has 0 radical (unpaired) electrons. The van der Waals surface area contributed by atoms with Crippen molar-refractivity contribution in [3.05, 3.63) is 52.2 Å². The molecule has 0 atom stereocenters. The Morgan fingerprint density at radius 2 is 1.73 bits per heavy atom. The molecule has 0 aliphatic carbocycles. The second kappa shape index (κ2) is 10.5. The third-order valence-electron chi connectivity index (χ3n) is 8.12. The summed E-state index contributed by atoms with van der Waals surface area (Å²) in [6.45, 7) is 4.60. The largest absolute Gasteiger partial charge is 0.356 e. The number of imidazole rings is 1. The lowest BCUT2D eigenvalue weighted by Crippen LogP contribution is -2.44. The maximum atomic E-state index is 13.9. The van der Waals surface area contributed by atoms with Crippen molar-refractivity contribution in [2.75, 3.05) is 50.4 Å². The fraction of sp³-hybridized carbons (Fsp3) is 0.464. The molecule has 12 heteroatoms. The molecule has 1 aromatic carbocycles. The molecule has 0 spiro atoms. The van der Waals surface area contributed by atoms with Crippen molar-refractivity contribution in [2.45, 2.75) is 31.7 Å². The summed E-state index contributed by atoms with van der Waals surface area (Å²) in [5, 5.41) is 3.38. The van der Waals surface area contributed by atoms with Gasteiger partial charge in [-0.1, -0.05) is 12.1 Å². The van der Waals surface area contributed by atoms with Gasteiger partial charge in [0.2, 0.25) is 15.5 Å². The molecule has 2 saturated heterocycles. The summed E-state index contributed by atoms with van der Waals surface area (Å²) in [6, 6.07) is 11.3. The number of para-hydroxylation sites is 2. The molecule has 6 rings (SSSR count). The third kappa shape index (κ3) is 4.95. The summed E-state index contributed by atoms with van der Waals surface area (Å²) < 4.78 is 29.8. The van der Waals surface area contributed by atoms with Gasteiger partial charge >= 0.3 is 0 Å². The predicted octanol–water partition coefficient (Wildman–Crippen LogP) is 1.68. The number of hydrogen-bond donors (Lipinski definition) is 2. The smallest absolute Gasteiger partial charge is 0.259 e. The highest BCUT2D eigenvalue weighted by molar-refractivity contribution is 7.88. The van der Waals surface area contributed by atoms with Crippen molar-refractivity contribution in [1.29, 1.82) is 0 Å². The summed E-state index contributed by atoms with van der Waals surface area (Å²) in [6.07, 6.45) is 4.86. The van der Waals surface area contributed by atoms with Gasteiger partial charge in [0.05, 0.1) is 22.7 Å². The molecule has 0 saturated carbocycles. The molecule has 5 heterocycles. The Kier molecular flexibility index (Phi) is 7.01. The van der Waals surface area contributed by atoms with Crippen molar-refractivity contribution >= 4 is 49.5 Å². The zero-order chi connectivity index (χ0) is 28.0. The first-order chi connectivity index (χ1) is 19.2. The lowest BCUT2D eigenvalue weighted by Gasteiger charge is -2.32. The van der Waals surface area contributed by atoms with Gasteiger partial charge in [-0.2, -0.15) is 0 Å². The number of fused-ring (bicyclic) bond motifs is 5. The second-order valence-corrected chi connectivity index (χ2v) is 12.7. The van der Waals surface area contributed by atoms with E-state index in [1.54, 1.807) is 6.07 Å². The van der Waals surface area contributed by atoms with Crippen LogP contribution < -0.4 is 20.4 Å². The van der Waals surface area contributed by atoms with Gasteiger partial charge in [-0.15, -0.1) is 0 Å². The number of rotatable bonds is 7. The number of benzene rings is 1. The Balaban J connectivity index is 1.40. The number of likely N-dealkylation sites (tertiary alicyclic amines) is 1.